The highest BCUT2D eigenvalue weighted by Gasteiger charge is 2.35. The number of rotatable bonds is 11. The van der Waals surface area contributed by atoms with E-state index >= 15 is 0 Å². The van der Waals surface area contributed by atoms with Gasteiger partial charge in [0.25, 0.3) is 5.92 Å². The lowest BCUT2D eigenvalue weighted by molar-refractivity contribution is 0.0127. The molecule has 0 bridgehead atoms. The molecule has 0 unspecified atom stereocenters. The van der Waals surface area contributed by atoms with Crippen molar-refractivity contribution in [3.8, 4) is 5.75 Å². The summed E-state index contributed by atoms with van der Waals surface area (Å²) in [6.07, 6.45) is 9.82. The molecule has 1 N–H and O–H groups in total. The standard InChI is InChI=1S/C22H32F2N2O2/c1-6-10-18(28-17-11-12-19(26-16-17)21(5,23)24)20(25-15-9-4)22(27,13-7-2)14-8-3/h9-12,15-16,27H,6-8,13-14H2,1-5H3/b15-9-,18-10-,25-20+. The number of allylic oxidation sites excluding steroid dienone is 2. The van der Waals surface area contributed by atoms with E-state index < -0.39 is 11.5 Å². The summed E-state index contributed by atoms with van der Waals surface area (Å²) in [5, 5.41) is 11.3. The van der Waals surface area contributed by atoms with E-state index in [4.69, 9.17) is 4.74 Å². The Morgan fingerprint density at radius 1 is 1.21 bits per heavy atom. The molecule has 0 amide bonds. The molecule has 1 aromatic rings. The number of ether oxygens (including phenoxy) is 1. The van der Waals surface area contributed by atoms with Crippen molar-refractivity contribution in [3.63, 3.8) is 0 Å². The van der Waals surface area contributed by atoms with Gasteiger partial charge in [0.1, 0.15) is 28.5 Å². The van der Waals surface area contributed by atoms with Crippen LogP contribution in [0.2, 0.25) is 0 Å². The number of halogens is 2. The van der Waals surface area contributed by atoms with Gasteiger partial charge in [0.15, 0.2) is 0 Å². The predicted molar refractivity (Wildman–Crippen MR) is 110 cm³/mol. The summed E-state index contributed by atoms with van der Waals surface area (Å²) >= 11 is 0. The van der Waals surface area contributed by atoms with E-state index in [0.717, 1.165) is 19.8 Å². The van der Waals surface area contributed by atoms with Crippen molar-refractivity contribution >= 4 is 5.71 Å². The number of nitrogens with zero attached hydrogens (tertiary/aromatic N) is 2. The van der Waals surface area contributed by atoms with Crippen LogP contribution in [0, 0.1) is 0 Å². The number of pyridine rings is 1. The molecule has 6 heteroatoms. The van der Waals surface area contributed by atoms with Gasteiger partial charge in [-0.2, -0.15) is 8.78 Å². The first kappa shape index (κ1) is 24.0. The second-order valence-electron chi connectivity index (χ2n) is 6.84. The van der Waals surface area contributed by atoms with Crippen LogP contribution in [-0.4, -0.2) is 21.4 Å². The van der Waals surface area contributed by atoms with Crippen LogP contribution in [0.15, 0.2) is 47.4 Å². The van der Waals surface area contributed by atoms with Gasteiger partial charge < -0.3 is 9.84 Å². The molecule has 0 aliphatic carbocycles. The summed E-state index contributed by atoms with van der Waals surface area (Å²) < 4.78 is 32.7. The minimum Gasteiger partial charge on any atom is -0.454 e. The molecule has 28 heavy (non-hydrogen) atoms. The normalized spacial score (nSPS) is 14.0. The first-order chi connectivity index (χ1) is 13.2. The summed E-state index contributed by atoms with van der Waals surface area (Å²) in [5.74, 6) is -2.28. The number of aliphatic hydroxyl groups is 1. The third-order valence-corrected chi connectivity index (χ3v) is 4.16. The molecule has 156 valence electrons. The van der Waals surface area contributed by atoms with Gasteiger partial charge in [-0.25, -0.2) is 0 Å². The maximum Gasteiger partial charge on any atom is 0.286 e. The van der Waals surface area contributed by atoms with Gasteiger partial charge in [-0.1, -0.05) is 39.7 Å². The molecule has 0 aromatic carbocycles. The zero-order chi connectivity index (χ0) is 21.2. The quantitative estimate of drug-likeness (QED) is 0.360. The van der Waals surface area contributed by atoms with Crippen molar-refractivity contribution in [3.05, 3.63) is 48.1 Å². The molecule has 0 aliphatic rings. The SMILES string of the molecule is C\C=C/N=C(\C(=C\CC)Oc1ccc(C(C)(F)F)nc1)C(O)(CCC)CCC. The molecule has 1 rings (SSSR count). The molecule has 0 saturated heterocycles. The number of hydrogen-bond donors (Lipinski definition) is 1. The van der Waals surface area contributed by atoms with Crippen molar-refractivity contribution in [2.24, 2.45) is 4.99 Å². The minimum absolute atomic E-state index is 0.316. The Kier molecular flexibility index (Phi) is 9.46. The predicted octanol–water partition coefficient (Wildman–Crippen LogP) is 6.17. The van der Waals surface area contributed by atoms with Gasteiger partial charge in [-0.05, 0) is 44.4 Å². The second kappa shape index (κ2) is 11.1. The van der Waals surface area contributed by atoms with Crippen LogP contribution in [0.4, 0.5) is 8.78 Å². The first-order valence-electron chi connectivity index (χ1n) is 9.86. The largest absolute Gasteiger partial charge is 0.454 e. The fraction of sp³-hybridized carbons (Fsp3) is 0.545. The molecule has 0 aliphatic heterocycles. The van der Waals surface area contributed by atoms with E-state index in [2.05, 4.69) is 9.98 Å². The number of aliphatic imine (C=N–C) groups is 1. The van der Waals surface area contributed by atoms with Gasteiger partial charge in [-0.15, -0.1) is 0 Å². The van der Waals surface area contributed by atoms with Crippen LogP contribution < -0.4 is 4.74 Å². The fourth-order valence-electron chi connectivity index (χ4n) is 2.95. The molecule has 0 saturated carbocycles. The van der Waals surface area contributed by atoms with E-state index in [1.807, 2.05) is 33.8 Å². The lowest BCUT2D eigenvalue weighted by Crippen LogP contribution is -2.40. The first-order valence-corrected chi connectivity index (χ1v) is 9.86. The molecule has 0 spiro atoms. The summed E-state index contributed by atoms with van der Waals surface area (Å²) in [6.45, 7) is 8.61. The Labute approximate surface area is 167 Å². The monoisotopic (exact) mass is 394 g/mol. The molecular formula is C22H32F2N2O2. The molecule has 0 fully saturated rings. The third-order valence-electron chi connectivity index (χ3n) is 4.16. The van der Waals surface area contributed by atoms with Crippen LogP contribution in [0.5, 0.6) is 5.75 Å². The maximum absolute atomic E-state index is 13.4. The van der Waals surface area contributed by atoms with Gasteiger partial charge in [0, 0.05) is 13.1 Å². The molecular weight excluding hydrogens is 362 g/mol. The summed E-state index contributed by atoms with van der Waals surface area (Å²) in [4.78, 5) is 8.28. The van der Waals surface area contributed by atoms with Gasteiger partial charge in [-0.3, -0.25) is 9.98 Å². The van der Waals surface area contributed by atoms with E-state index in [9.17, 15) is 13.9 Å². The Bertz CT molecular complexity index is 683. The summed E-state index contributed by atoms with van der Waals surface area (Å²) in [6, 6.07) is 2.70. The Morgan fingerprint density at radius 2 is 1.86 bits per heavy atom. The van der Waals surface area contributed by atoms with E-state index in [-0.39, 0.29) is 5.69 Å². The smallest absolute Gasteiger partial charge is 0.286 e. The topological polar surface area (TPSA) is 54.7 Å². The lowest BCUT2D eigenvalue weighted by atomic mass is 9.86. The maximum atomic E-state index is 13.4. The molecule has 0 atom stereocenters. The van der Waals surface area contributed by atoms with Crippen LogP contribution in [-0.2, 0) is 5.92 Å². The summed E-state index contributed by atoms with van der Waals surface area (Å²) in [5.41, 5.74) is -1.01. The van der Waals surface area contributed by atoms with Crippen LogP contribution >= 0.6 is 0 Å². The van der Waals surface area contributed by atoms with Crippen molar-refractivity contribution in [1.29, 1.82) is 0 Å². The lowest BCUT2D eigenvalue weighted by Gasteiger charge is -2.30. The number of hydrogen-bond acceptors (Lipinski definition) is 4. The number of alkyl halides is 2. The average molecular weight is 395 g/mol. The van der Waals surface area contributed by atoms with E-state index in [1.54, 1.807) is 12.3 Å². The van der Waals surface area contributed by atoms with Gasteiger partial charge in [0.05, 0.1) is 6.20 Å². The fourth-order valence-corrected chi connectivity index (χ4v) is 2.95. The average Bonchev–Trinajstić information content (AvgIpc) is 2.62. The van der Waals surface area contributed by atoms with Crippen LogP contribution in [0.1, 0.15) is 72.4 Å². The Morgan fingerprint density at radius 3 is 2.29 bits per heavy atom. The van der Waals surface area contributed by atoms with E-state index in [0.29, 0.717) is 36.5 Å². The number of aromatic nitrogens is 1. The Balaban J connectivity index is 3.31. The van der Waals surface area contributed by atoms with Crippen LogP contribution in [0.3, 0.4) is 0 Å². The highest BCUT2D eigenvalue weighted by atomic mass is 19.3. The van der Waals surface area contributed by atoms with E-state index in [1.165, 1.54) is 18.3 Å². The minimum atomic E-state index is -3.01. The molecule has 0 radical (unpaired) electrons. The highest BCUT2D eigenvalue weighted by molar-refractivity contribution is 6.05. The molecule has 1 heterocycles. The summed E-state index contributed by atoms with van der Waals surface area (Å²) in [7, 11) is 0. The van der Waals surface area contributed by atoms with Crippen molar-refractivity contribution in [1.82, 2.24) is 4.98 Å². The van der Waals surface area contributed by atoms with Crippen LogP contribution in [0.25, 0.3) is 0 Å². The molecule has 1 aromatic heterocycles. The zero-order valence-electron chi connectivity index (χ0n) is 17.5. The molecule has 4 nitrogen and oxygen atoms in total. The van der Waals surface area contributed by atoms with Gasteiger partial charge in [0.2, 0.25) is 0 Å². The highest BCUT2D eigenvalue weighted by Crippen LogP contribution is 2.29. The van der Waals surface area contributed by atoms with Crippen molar-refractivity contribution in [2.45, 2.75) is 78.2 Å². The van der Waals surface area contributed by atoms with Gasteiger partial charge >= 0.3 is 0 Å². The third kappa shape index (κ3) is 6.82. The second-order valence-corrected chi connectivity index (χ2v) is 6.84. The van der Waals surface area contributed by atoms with Crippen molar-refractivity contribution in [2.75, 3.05) is 0 Å². The Hall–Kier alpha value is -2.08. The van der Waals surface area contributed by atoms with Crippen molar-refractivity contribution < 1.29 is 18.6 Å². The zero-order valence-corrected chi connectivity index (χ0v) is 17.5.